The largest absolute Gasteiger partial charge is 0.378 e. The van der Waals surface area contributed by atoms with Gasteiger partial charge in [0.1, 0.15) is 5.82 Å². The van der Waals surface area contributed by atoms with Gasteiger partial charge in [0.05, 0.1) is 30.2 Å². The van der Waals surface area contributed by atoms with Crippen molar-refractivity contribution in [1.29, 1.82) is 0 Å². The van der Waals surface area contributed by atoms with Gasteiger partial charge in [0.15, 0.2) is 0 Å². The van der Waals surface area contributed by atoms with E-state index >= 15 is 0 Å². The summed E-state index contributed by atoms with van der Waals surface area (Å²) >= 11 is 0. The highest BCUT2D eigenvalue weighted by molar-refractivity contribution is 6.06. The molecule has 2 fully saturated rings. The van der Waals surface area contributed by atoms with Crippen LogP contribution in [0.2, 0.25) is 0 Å². The van der Waals surface area contributed by atoms with Crippen molar-refractivity contribution in [2.75, 3.05) is 54.5 Å². The molecule has 154 valence electrons. The van der Waals surface area contributed by atoms with Crippen LogP contribution in [0.3, 0.4) is 0 Å². The first-order chi connectivity index (χ1) is 14.1. The lowest BCUT2D eigenvalue weighted by Gasteiger charge is -2.33. The third-order valence-corrected chi connectivity index (χ3v) is 5.67. The number of rotatable bonds is 5. The molecule has 1 aromatic heterocycles. The molecule has 0 unspecified atom stereocenters. The van der Waals surface area contributed by atoms with Gasteiger partial charge in [0.25, 0.3) is 5.91 Å². The maximum atomic E-state index is 12.8. The summed E-state index contributed by atoms with van der Waals surface area (Å²) in [5, 5.41) is 3.04. The smallest absolute Gasteiger partial charge is 0.257 e. The Bertz CT molecular complexity index is 867. The number of hydrogen-bond donors (Lipinski definition) is 3. The molecule has 0 aliphatic carbocycles. The first-order valence-corrected chi connectivity index (χ1v) is 10.1. The van der Waals surface area contributed by atoms with Crippen LogP contribution < -0.4 is 20.9 Å². The Morgan fingerprint density at radius 3 is 2.52 bits per heavy atom. The summed E-state index contributed by atoms with van der Waals surface area (Å²) in [5.74, 6) is 0.488. The fourth-order valence-corrected chi connectivity index (χ4v) is 3.95. The molecule has 0 radical (unpaired) electrons. The fraction of sp³-hybridized carbons (Fsp3) is 0.429. The van der Waals surface area contributed by atoms with Crippen LogP contribution in [0, 0.1) is 5.92 Å². The Hall–Kier alpha value is -3.00. The molecular formula is C21H27N5O3. The predicted molar refractivity (Wildman–Crippen MR) is 112 cm³/mol. The second kappa shape index (κ2) is 8.57. The van der Waals surface area contributed by atoms with Crippen LogP contribution in [-0.4, -0.2) is 56.2 Å². The van der Waals surface area contributed by atoms with E-state index < -0.39 is 0 Å². The molecule has 29 heavy (non-hydrogen) atoms. The van der Waals surface area contributed by atoms with Crippen LogP contribution in [0.25, 0.3) is 0 Å². The summed E-state index contributed by atoms with van der Waals surface area (Å²) in [6.45, 7) is 4.50. The Labute approximate surface area is 170 Å². The van der Waals surface area contributed by atoms with E-state index in [2.05, 4.69) is 20.1 Å². The van der Waals surface area contributed by atoms with Crippen LogP contribution in [0.4, 0.5) is 17.2 Å². The number of H-pyrrole nitrogens is 1. The van der Waals surface area contributed by atoms with Gasteiger partial charge >= 0.3 is 0 Å². The molecule has 1 aromatic carbocycles. The third kappa shape index (κ3) is 4.37. The van der Waals surface area contributed by atoms with Crippen LogP contribution in [0.1, 0.15) is 23.2 Å². The van der Waals surface area contributed by atoms with Crippen molar-refractivity contribution in [1.82, 2.24) is 4.98 Å². The number of carbonyl (C=O) groups excluding carboxylic acids is 2. The molecule has 0 saturated carbocycles. The lowest BCUT2D eigenvalue weighted by atomic mass is 9.96. The van der Waals surface area contributed by atoms with Gasteiger partial charge < -0.3 is 30.6 Å². The Morgan fingerprint density at radius 1 is 1.07 bits per heavy atom. The highest BCUT2D eigenvalue weighted by atomic mass is 16.5. The van der Waals surface area contributed by atoms with Crippen molar-refractivity contribution in [3.8, 4) is 0 Å². The molecular weight excluding hydrogens is 370 g/mol. The molecule has 0 bridgehead atoms. The number of primary amides is 1. The van der Waals surface area contributed by atoms with Crippen LogP contribution >= 0.6 is 0 Å². The number of nitrogens with one attached hydrogen (secondary N) is 2. The van der Waals surface area contributed by atoms with Crippen molar-refractivity contribution in [3.63, 3.8) is 0 Å². The van der Waals surface area contributed by atoms with Crippen LogP contribution in [-0.2, 0) is 9.53 Å². The van der Waals surface area contributed by atoms with Gasteiger partial charge in [-0.1, -0.05) is 12.1 Å². The Morgan fingerprint density at radius 2 is 1.79 bits per heavy atom. The van der Waals surface area contributed by atoms with Crippen LogP contribution in [0.15, 0.2) is 36.5 Å². The summed E-state index contributed by atoms with van der Waals surface area (Å²) < 4.78 is 5.38. The summed E-state index contributed by atoms with van der Waals surface area (Å²) in [5.41, 5.74) is 7.76. The maximum absolute atomic E-state index is 12.8. The molecule has 2 aromatic rings. The van der Waals surface area contributed by atoms with Gasteiger partial charge in [0, 0.05) is 38.3 Å². The van der Waals surface area contributed by atoms with Crippen LogP contribution in [0.5, 0.6) is 0 Å². The molecule has 3 heterocycles. The molecule has 8 heteroatoms. The standard InChI is InChI=1S/C21H27N5O3/c22-20(27)15-5-7-25(8-6-15)18-4-2-1-3-17(18)24-21(28)16-13-19(23-14-16)26-9-11-29-12-10-26/h1-4,13-15,23H,5-12H2,(H2,22,27)(H,24,28). The molecule has 2 aliphatic rings. The van der Waals surface area contributed by atoms with E-state index in [0.717, 1.165) is 56.2 Å². The van der Waals surface area contributed by atoms with E-state index in [1.54, 1.807) is 6.20 Å². The number of carbonyl (C=O) groups is 2. The van der Waals surface area contributed by atoms with Crippen molar-refractivity contribution in [2.45, 2.75) is 12.8 Å². The topological polar surface area (TPSA) is 104 Å². The average molecular weight is 397 g/mol. The highest BCUT2D eigenvalue weighted by Crippen LogP contribution is 2.30. The molecule has 8 nitrogen and oxygen atoms in total. The summed E-state index contributed by atoms with van der Waals surface area (Å²) in [6.07, 6.45) is 3.21. The molecule has 2 aliphatic heterocycles. The number of hydrogen-bond acceptors (Lipinski definition) is 5. The Balaban J connectivity index is 1.44. The van der Waals surface area contributed by atoms with E-state index in [4.69, 9.17) is 10.5 Å². The number of anilines is 3. The fourth-order valence-electron chi connectivity index (χ4n) is 3.95. The van der Waals surface area contributed by atoms with Crippen molar-refractivity contribution in [3.05, 3.63) is 42.1 Å². The van der Waals surface area contributed by atoms with Crippen molar-refractivity contribution in [2.24, 2.45) is 11.7 Å². The number of nitrogens with two attached hydrogens (primary N) is 1. The zero-order valence-electron chi connectivity index (χ0n) is 16.4. The second-order valence-electron chi connectivity index (χ2n) is 7.51. The number of piperidine rings is 1. The zero-order valence-corrected chi connectivity index (χ0v) is 16.4. The minimum Gasteiger partial charge on any atom is -0.378 e. The van der Waals surface area contributed by atoms with Gasteiger partial charge in [-0.3, -0.25) is 9.59 Å². The number of morpholine rings is 1. The number of nitrogens with zero attached hydrogens (tertiary/aromatic N) is 2. The second-order valence-corrected chi connectivity index (χ2v) is 7.51. The molecule has 0 atom stereocenters. The number of para-hydroxylation sites is 2. The average Bonchev–Trinajstić information content (AvgIpc) is 3.25. The van der Waals surface area contributed by atoms with Gasteiger partial charge in [-0.15, -0.1) is 0 Å². The Kier molecular flexibility index (Phi) is 5.71. The number of amides is 2. The zero-order chi connectivity index (χ0) is 20.2. The first-order valence-electron chi connectivity index (χ1n) is 10.1. The summed E-state index contributed by atoms with van der Waals surface area (Å²) in [7, 11) is 0. The van der Waals surface area contributed by atoms with E-state index in [-0.39, 0.29) is 17.7 Å². The van der Waals surface area contributed by atoms with Crippen molar-refractivity contribution >= 4 is 29.0 Å². The first kappa shape index (κ1) is 19.3. The maximum Gasteiger partial charge on any atom is 0.257 e. The van der Waals surface area contributed by atoms with Gasteiger partial charge in [-0.05, 0) is 31.0 Å². The SMILES string of the molecule is NC(=O)C1CCN(c2ccccc2NC(=O)c2c[nH]c(N3CCOCC3)c2)CC1. The third-order valence-electron chi connectivity index (χ3n) is 5.67. The van der Waals surface area contributed by atoms with E-state index in [0.29, 0.717) is 18.8 Å². The van der Waals surface area contributed by atoms with Gasteiger partial charge in [-0.25, -0.2) is 0 Å². The predicted octanol–water partition coefficient (Wildman–Crippen LogP) is 1.81. The summed E-state index contributed by atoms with van der Waals surface area (Å²) in [6, 6.07) is 9.64. The molecule has 4 rings (SSSR count). The molecule has 0 spiro atoms. The van der Waals surface area contributed by atoms with E-state index in [9.17, 15) is 9.59 Å². The quantitative estimate of drug-likeness (QED) is 0.714. The normalized spacial score (nSPS) is 17.9. The van der Waals surface area contributed by atoms with E-state index in [1.807, 2.05) is 30.3 Å². The van der Waals surface area contributed by atoms with Gasteiger partial charge in [0.2, 0.25) is 5.91 Å². The number of aromatic nitrogens is 1. The number of aromatic amines is 1. The monoisotopic (exact) mass is 397 g/mol. The molecule has 4 N–H and O–H groups in total. The van der Waals surface area contributed by atoms with Crippen molar-refractivity contribution < 1.29 is 14.3 Å². The highest BCUT2D eigenvalue weighted by Gasteiger charge is 2.25. The van der Waals surface area contributed by atoms with Gasteiger partial charge in [-0.2, -0.15) is 0 Å². The number of ether oxygens (including phenoxy) is 1. The molecule has 2 amide bonds. The lowest BCUT2D eigenvalue weighted by molar-refractivity contribution is -0.122. The number of benzene rings is 1. The summed E-state index contributed by atoms with van der Waals surface area (Å²) in [4.78, 5) is 31.8. The minimum absolute atomic E-state index is 0.0635. The van der Waals surface area contributed by atoms with E-state index in [1.165, 1.54) is 0 Å². The molecule has 2 saturated heterocycles. The minimum atomic E-state index is -0.227. The lowest BCUT2D eigenvalue weighted by Crippen LogP contribution is -2.38.